The molecule has 5 fully saturated rings. The van der Waals surface area contributed by atoms with Crippen LogP contribution < -0.4 is 0 Å². The zero-order valence-corrected chi connectivity index (χ0v) is 26.7. The van der Waals surface area contributed by atoms with Crippen molar-refractivity contribution in [1.82, 2.24) is 0 Å². The molecule has 5 rings (SSSR count). The van der Waals surface area contributed by atoms with Crippen molar-refractivity contribution in [3.63, 3.8) is 0 Å². The second kappa shape index (κ2) is 15.9. The van der Waals surface area contributed by atoms with Crippen LogP contribution in [0.5, 0.6) is 0 Å². The number of aliphatic carboxylic acids is 1. The molecule has 0 aromatic rings. The topological polar surface area (TPSA) is 312 Å². The molecule has 282 valence electrons. The Kier molecular flexibility index (Phi) is 12.5. The van der Waals surface area contributed by atoms with Gasteiger partial charge in [-0.05, 0) is 44.9 Å². The number of carbonyl (C=O) groups is 2. The summed E-state index contributed by atoms with van der Waals surface area (Å²) in [6.07, 6.45) is -25.8. The first kappa shape index (κ1) is 38.6. The summed E-state index contributed by atoms with van der Waals surface area (Å²) in [4.78, 5) is 22.9. The van der Waals surface area contributed by atoms with Gasteiger partial charge in [-0.1, -0.05) is 0 Å². The van der Waals surface area contributed by atoms with Crippen LogP contribution in [-0.4, -0.2) is 185 Å². The summed E-state index contributed by atoms with van der Waals surface area (Å²) in [6, 6.07) is 0. The SMILES string of the molecule is C[C@@H]1O[C@H](O[C@@H]2[C@@H](OC3CC4C(O)CC(O)CC4OC3C3CC(O)C(O)C(O)C3)O[C@@H](COC(=O)CC(=O)O)[C@H](O)[C@H]2O)[C@@H](O)[C@H](O)[C@H]1O. The van der Waals surface area contributed by atoms with Gasteiger partial charge < -0.3 is 84.6 Å². The van der Waals surface area contributed by atoms with Crippen LogP contribution in [0, 0.1) is 11.8 Å². The third-order valence-corrected chi connectivity index (χ3v) is 10.3. The van der Waals surface area contributed by atoms with Gasteiger partial charge in [0.25, 0.3) is 0 Å². The Bertz CT molecular complexity index is 1120. The van der Waals surface area contributed by atoms with Gasteiger partial charge in [0.05, 0.1) is 48.8 Å². The molecule has 3 saturated heterocycles. The molecule has 49 heavy (non-hydrogen) atoms. The van der Waals surface area contributed by atoms with E-state index in [0.717, 1.165) is 0 Å². The predicted octanol–water partition coefficient (Wildman–Crippen LogP) is -5.17. The first-order valence-electron chi connectivity index (χ1n) is 16.5. The Hall–Kier alpha value is -1.66. The van der Waals surface area contributed by atoms with E-state index in [1.807, 2.05) is 0 Å². The smallest absolute Gasteiger partial charge is 0.317 e. The van der Waals surface area contributed by atoms with E-state index in [0.29, 0.717) is 0 Å². The third kappa shape index (κ3) is 8.53. The fraction of sp³-hybridized carbons (Fsp3) is 0.933. The second-order valence-corrected chi connectivity index (χ2v) is 13.8. The lowest BCUT2D eigenvalue weighted by Gasteiger charge is -2.52. The predicted molar refractivity (Wildman–Crippen MR) is 155 cm³/mol. The van der Waals surface area contributed by atoms with Gasteiger partial charge in [0.1, 0.15) is 61.9 Å². The number of aliphatic hydroxyl groups is 10. The molecule has 0 spiro atoms. The highest BCUT2D eigenvalue weighted by molar-refractivity contribution is 5.90. The zero-order chi connectivity index (χ0) is 35.9. The van der Waals surface area contributed by atoms with Crippen LogP contribution in [0.2, 0.25) is 0 Å². The highest BCUT2D eigenvalue weighted by Crippen LogP contribution is 2.44. The summed E-state index contributed by atoms with van der Waals surface area (Å²) in [5.41, 5.74) is 0. The number of fused-ring (bicyclic) bond motifs is 1. The molecule has 3 aliphatic heterocycles. The number of carbonyl (C=O) groups excluding carboxylic acids is 1. The molecular formula is C30H48O19. The number of esters is 1. The van der Waals surface area contributed by atoms with Gasteiger partial charge >= 0.3 is 11.9 Å². The minimum absolute atomic E-state index is 0.0274. The average Bonchev–Trinajstić information content (AvgIpc) is 3.03. The van der Waals surface area contributed by atoms with Gasteiger partial charge in [0.15, 0.2) is 12.6 Å². The maximum atomic E-state index is 12.0. The summed E-state index contributed by atoms with van der Waals surface area (Å²) >= 11 is 0. The summed E-state index contributed by atoms with van der Waals surface area (Å²) in [5, 5.41) is 115. The van der Waals surface area contributed by atoms with Crippen molar-refractivity contribution >= 4 is 11.9 Å². The number of hydrogen-bond donors (Lipinski definition) is 11. The van der Waals surface area contributed by atoms with Gasteiger partial charge in [-0.25, -0.2) is 0 Å². The molecule has 0 aromatic heterocycles. The third-order valence-electron chi connectivity index (χ3n) is 10.3. The molecule has 8 unspecified atom stereocenters. The average molecular weight is 713 g/mol. The number of hydrogen-bond acceptors (Lipinski definition) is 18. The highest BCUT2D eigenvalue weighted by atomic mass is 16.8. The number of rotatable bonds is 9. The van der Waals surface area contributed by atoms with Gasteiger partial charge in [-0.3, -0.25) is 9.59 Å². The maximum Gasteiger partial charge on any atom is 0.317 e. The largest absolute Gasteiger partial charge is 0.481 e. The van der Waals surface area contributed by atoms with E-state index >= 15 is 0 Å². The van der Waals surface area contributed by atoms with E-state index in [4.69, 9.17) is 33.5 Å². The van der Waals surface area contributed by atoms with Crippen LogP contribution in [0.25, 0.3) is 0 Å². The van der Waals surface area contributed by atoms with Crippen LogP contribution >= 0.6 is 0 Å². The van der Waals surface area contributed by atoms with E-state index in [1.54, 1.807) is 0 Å². The first-order valence-corrected chi connectivity index (χ1v) is 16.5. The van der Waals surface area contributed by atoms with Crippen molar-refractivity contribution in [3.8, 4) is 0 Å². The number of ether oxygens (including phenoxy) is 6. The normalized spacial score (nSPS) is 50.7. The Labute approximate surface area is 280 Å². The van der Waals surface area contributed by atoms with Gasteiger partial charge in [-0.2, -0.15) is 0 Å². The van der Waals surface area contributed by atoms with E-state index in [1.165, 1.54) is 6.92 Å². The van der Waals surface area contributed by atoms with Crippen molar-refractivity contribution in [1.29, 1.82) is 0 Å². The summed E-state index contributed by atoms with van der Waals surface area (Å²) in [6.45, 7) is 0.664. The monoisotopic (exact) mass is 712 g/mol. The molecule has 2 saturated carbocycles. The van der Waals surface area contributed by atoms with Gasteiger partial charge in [0.2, 0.25) is 0 Å². The minimum atomic E-state index is -1.91. The standard InChI is InChI=1S/C30H48O19/c1-9-21(38)24(41)26(43)29(45-9)49-28-25(42)23(40)18(8-44-20(37)7-19(35)36)48-30(28)47-17-6-12-13(32)4-11(31)5-16(12)46-27(17)10-2-14(33)22(39)15(34)3-10/h9-18,21-34,38-43H,2-8H2,1H3,(H,35,36)/t9-,10?,11?,12?,13?,14?,15?,16?,17?,18-,21-,22?,23-,24+,25+,26-,27?,28-,29+,30-/m0/s1. The molecule has 11 N–H and O–H groups in total. The van der Waals surface area contributed by atoms with Crippen LogP contribution in [0.3, 0.4) is 0 Å². The van der Waals surface area contributed by atoms with E-state index in [9.17, 15) is 60.7 Å². The Morgan fingerprint density at radius 3 is 2.00 bits per heavy atom. The van der Waals surface area contributed by atoms with E-state index in [-0.39, 0.29) is 32.1 Å². The quantitative estimate of drug-likeness (QED) is 0.0786. The molecule has 0 bridgehead atoms. The molecule has 3 heterocycles. The molecule has 19 heteroatoms. The number of carboxylic acids is 1. The van der Waals surface area contributed by atoms with Gasteiger partial charge in [0, 0.05) is 5.92 Å². The fourth-order valence-electron chi connectivity index (χ4n) is 7.57. The fourth-order valence-corrected chi connectivity index (χ4v) is 7.57. The van der Waals surface area contributed by atoms with Crippen molar-refractivity contribution in [3.05, 3.63) is 0 Å². The molecule has 0 radical (unpaired) electrons. The van der Waals surface area contributed by atoms with Crippen molar-refractivity contribution < 1.29 is 94.2 Å². The molecule has 18 atom stereocenters. The van der Waals surface area contributed by atoms with Crippen LogP contribution in [0.1, 0.15) is 45.4 Å². The lowest BCUT2D eigenvalue weighted by atomic mass is 9.72. The molecule has 19 nitrogen and oxygen atoms in total. The molecule has 2 aliphatic carbocycles. The van der Waals surface area contributed by atoms with Crippen LogP contribution in [0.15, 0.2) is 0 Å². The summed E-state index contributed by atoms with van der Waals surface area (Å²) in [5.74, 6) is -3.84. The van der Waals surface area contributed by atoms with Crippen LogP contribution in [-0.2, 0) is 38.0 Å². The molecular weight excluding hydrogens is 664 g/mol. The van der Waals surface area contributed by atoms with E-state index in [2.05, 4.69) is 0 Å². The Morgan fingerprint density at radius 1 is 0.673 bits per heavy atom. The lowest BCUT2D eigenvalue weighted by Crippen LogP contribution is -2.65. The second-order valence-electron chi connectivity index (χ2n) is 13.8. The van der Waals surface area contributed by atoms with Crippen LogP contribution in [0.4, 0.5) is 0 Å². The Morgan fingerprint density at radius 2 is 1.35 bits per heavy atom. The van der Waals surface area contributed by atoms with Crippen molar-refractivity contribution in [2.75, 3.05) is 6.61 Å². The lowest BCUT2D eigenvalue weighted by molar-refractivity contribution is -0.377. The summed E-state index contributed by atoms with van der Waals surface area (Å²) in [7, 11) is 0. The zero-order valence-electron chi connectivity index (χ0n) is 26.7. The highest BCUT2D eigenvalue weighted by Gasteiger charge is 2.55. The minimum Gasteiger partial charge on any atom is -0.481 e. The molecule has 0 amide bonds. The molecule has 5 aliphatic rings. The Balaban J connectivity index is 1.43. The first-order chi connectivity index (χ1) is 23.0. The maximum absolute atomic E-state index is 12.0. The van der Waals surface area contributed by atoms with Crippen molar-refractivity contribution in [2.24, 2.45) is 11.8 Å². The van der Waals surface area contributed by atoms with E-state index < -0.39 is 147 Å². The van der Waals surface area contributed by atoms with Crippen molar-refractivity contribution in [2.45, 2.75) is 156 Å². The number of aliphatic hydroxyl groups excluding tert-OH is 10. The summed E-state index contributed by atoms with van der Waals surface area (Å²) < 4.78 is 35.0. The van der Waals surface area contributed by atoms with Gasteiger partial charge in [-0.15, -0.1) is 0 Å². The number of carboxylic acid groups (broad SMARTS) is 1. The molecule has 0 aromatic carbocycles.